The molecule has 0 rings (SSSR count). The van der Waals surface area contributed by atoms with Crippen LogP contribution in [0.1, 0.15) is 39.5 Å². The Kier molecular flexibility index (Phi) is 11.2. The van der Waals surface area contributed by atoms with Gasteiger partial charge < -0.3 is 5.32 Å². The predicted molar refractivity (Wildman–Crippen MR) is 68.8 cm³/mol. The lowest BCUT2D eigenvalue weighted by atomic mass is 10.0. The van der Waals surface area contributed by atoms with Crippen LogP contribution < -0.4 is 5.32 Å². The fourth-order valence-electron chi connectivity index (χ4n) is 1.35. The van der Waals surface area contributed by atoms with Crippen molar-refractivity contribution in [3.05, 3.63) is 12.2 Å². The molecule has 1 N–H and O–H groups in total. The Hall–Kier alpha value is 0.0500. The minimum atomic E-state index is 0.893. The molecule has 0 aliphatic rings. The van der Waals surface area contributed by atoms with Gasteiger partial charge in [-0.3, -0.25) is 0 Å². The minimum Gasteiger partial charge on any atom is -0.311 e. The summed E-state index contributed by atoms with van der Waals surface area (Å²) in [6, 6.07) is 0. The van der Waals surface area contributed by atoms with Crippen molar-refractivity contribution < 1.29 is 0 Å². The molecule has 0 fully saturated rings. The Balaban J connectivity index is 3.15. The van der Waals surface area contributed by atoms with Gasteiger partial charge in [-0.1, -0.05) is 25.5 Å². The molecule has 1 unspecified atom stereocenters. The zero-order chi connectivity index (χ0) is 10.6. The van der Waals surface area contributed by atoms with Crippen LogP contribution in [0.4, 0.5) is 0 Å². The highest BCUT2D eigenvalue weighted by Crippen LogP contribution is 2.15. The van der Waals surface area contributed by atoms with Crippen molar-refractivity contribution in [2.24, 2.45) is 5.92 Å². The van der Waals surface area contributed by atoms with Gasteiger partial charge in [0.15, 0.2) is 0 Å². The topological polar surface area (TPSA) is 12.0 Å². The third-order valence-electron chi connectivity index (χ3n) is 2.30. The second kappa shape index (κ2) is 11.1. The summed E-state index contributed by atoms with van der Waals surface area (Å²) in [4.78, 5) is 0. The Labute approximate surface area is 93.7 Å². The third-order valence-corrected chi connectivity index (χ3v) is 3.32. The first-order valence-corrected chi connectivity index (χ1v) is 6.80. The Morgan fingerprint density at radius 3 is 2.79 bits per heavy atom. The number of rotatable bonds is 9. The summed E-state index contributed by atoms with van der Waals surface area (Å²) in [7, 11) is 2.01. The molecule has 0 amide bonds. The van der Waals surface area contributed by atoms with E-state index in [-0.39, 0.29) is 0 Å². The van der Waals surface area contributed by atoms with Gasteiger partial charge in [-0.15, -0.1) is 11.8 Å². The quantitative estimate of drug-likeness (QED) is 0.358. The van der Waals surface area contributed by atoms with Crippen LogP contribution in [0, 0.1) is 5.92 Å². The molecular weight excluding hydrogens is 190 g/mol. The Morgan fingerprint density at radius 2 is 2.14 bits per heavy atom. The van der Waals surface area contributed by atoms with E-state index in [0.717, 1.165) is 11.8 Å². The van der Waals surface area contributed by atoms with E-state index in [1.165, 1.54) is 31.4 Å². The van der Waals surface area contributed by atoms with E-state index in [2.05, 4.69) is 31.3 Å². The van der Waals surface area contributed by atoms with Gasteiger partial charge in [0.1, 0.15) is 0 Å². The molecule has 0 aromatic heterocycles. The van der Waals surface area contributed by atoms with E-state index < -0.39 is 0 Å². The smallest absolute Gasteiger partial charge is 0.0415 e. The summed E-state index contributed by atoms with van der Waals surface area (Å²) in [5.41, 5.74) is 0. The van der Waals surface area contributed by atoms with Gasteiger partial charge in [-0.25, -0.2) is 0 Å². The van der Waals surface area contributed by atoms with Gasteiger partial charge in [0, 0.05) is 5.88 Å². The molecule has 14 heavy (non-hydrogen) atoms. The number of unbranched alkanes of at least 4 members (excludes halogenated alkanes) is 1. The Bertz CT molecular complexity index is 134. The molecule has 0 aliphatic heterocycles. The molecule has 0 spiro atoms. The maximum atomic E-state index is 3.16. The van der Waals surface area contributed by atoms with Crippen LogP contribution in [0.2, 0.25) is 0 Å². The van der Waals surface area contributed by atoms with E-state index in [1.807, 2.05) is 18.8 Å². The summed E-state index contributed by atoms with van der Waals surface area (Å²) in [6.45, 7) is 4.47. The molecule has 1 nitrogen and oxygen atoms in total. The van der Waals surface area contributed by atoms with Crippen LogP contribution in [-0.4, -0.2) is 18.7 Å². The highest BCUT2D eigenvalue weighted by atomic mass is 32.2. The van der Waals surface area contributed by atoms with Crippen LogP contribution >= 0.6 is 11.8 Å². The van der Waals surface area contributed by atoms with Gasteiger partial charge in [-0.05, 0) is 44.9 Å². The van der Waals surface area contributed by atoms with Crippen molar-refractivity contribution >= 4 is 11.8 Å². The second-order valence-electron chi connectivity index (χ2n) is 3.80. The first kappa shape index (κ1) is 14.1. The van der Waals surface area contributed by atoms with Crippen molar-refractivity contribution in [3.63, 3.8) is 0 Å². The molecule has 1 atom stereocenters. The van der Waals surface area contributed by atoms with Crippen molar-refractivity contribution in [2.45, 2.75) is 39.5 Å². The molecule has 84 valence electrons. The molecule has 0 aliphatic carbocycles. The number of hydrogen-bond acceptors (Lipinski definition) is 2. The van der Waals surface area contributed by atoms with Crippen molar-refractivity contribution in [1.82, 2.24) is 5.32 Å². The summed E-state index contributed by atoms with van der Waals surface area (Å²) < 4.78 is 0. The summed E-state index contributed by atoms with van der Waals surface area (Å²) >= 11 is 2.00. The summed E-state index contributed by atoms with van der Waals surface area (Å²) in [5, 5.41) is 3.16. The van der Waals surface area contributed by atoms with Crippen molar-refractivity contribution in [2.75, 3.05) is 18.7 Å². The zero-order valence-corrected chi connectivity index (χ0v) is 10.7. The molecule has 0 heterocycles. The average molecular weight is 215 g/mol. The molecule has 0 radical (unpaired) electrons. The van der Waals surface area contributed by atoms with Crippen LogP contribution in [0.3, 0.4) is 0 Å². The van der Waals surface area contributed by atoms with E-state index in [4.69, 9.17) is 0 Å². The molecule has 0 saturated heterocycles. The molecule has 0 aromatic rings. The number of thioether (sulfide) groups is 1. The Morgan fingerprint density at radius 1 is 1.36 bits per heavy atom. The third kappa shape index (κ3) is 10.1. The SMILES string of the molecule is C/C=C\CCCC(C)CCSCNC. The van der Waals surface area contributed by atoms with Crippen LogP contribution in [0.25, 0.3) is 0 Å². The fraction of sp³-hybridized carbons (Fsp3) is 0.833. The number of hydrogen-bond donors (Lipinski definition) is 1. The van der Waals surface area contributed by atoms with Crippen LogP contribution in [0.5, 0.6) is 0 Å². The molecule has 2 heteroatoms. The van der Waals surface area contributed by atoms with Gasteiger partial charge in [0.05, 0.1) is 0 Å². The van der Waals surface area contributed by atoms with Gasteiger partial charge >= 0.3 is 0 Å². The summed E-state index contributed by atoms with van der Waals surface area (Å²) in [6.07, 6.45) is 9.76. The first-order chi connectivity index (χ1) is 6.81. The van der Waals surface area contributed by atoms with E-state index in [0.29, 0.717) is 0 Å². The normalized spacial score (nSPS) is 13.6. The van der Waals surface area contributed by atoms with Crippen LogP contribution in [-0.2, 0) is 0 Å². The van der Waals surface area contributed by atoms with Gasteiger partial charge in [-0.2, -0.15) is 0 Å². The van der Waals surface area contributed by atoms with E-state index >= 15 is 0 Å². The molecule has 0 bridgehead atoms. The average Bonchev–Trinajstić information content (AvgIpc) is 2.19. The van der Waals surface area contributed by atoms with Gasteiger partial charge in [0.2, 0.25) is 0 Å². The lowest BCUT2D eigenvalue weighted by Gasteiger charge is -2.09. The number of nitrogens with one attached hydrogen (secondary N) is 1. The van der Waals surface area contributed by atoms with Gasteiger partial charge in [0.25, 0.3) is 0 Å². The lowest BCUT2D eigenvalue weighted by molar-refractivity contribution is 0.501. The fourth-order valence-corrected chi connectivity index (χ4v) is 2.27. The minimum absolute atomic E-state index is 0.893. The van der Waals surface area contributed by atoms with Crippen molar-refractivity contribution in [1.29, 1.82) is 0 Å². The van der Waals surface area contributed by atoms with E-state index in [1.54, 1.807) is 0 Å². The maximum absolute atomic E-state index is 3.16. The molecule has 0 saturated carbocycles. The first-order valence-electron chi connectivity index (χ1n) is 5.64. The largest absolute Gasteiger partial charge is 0.311 e. The summed E-state index contributed by atoms with van der Waals surface area (Å²) in [5.74, 6) is 3.28. The maximum Gasteiger partial charge on any atom is 0.0415 e. The monoisotopic (exact) mass is 215 g/mol. The predicted octanol–water partition coefficient (Wildman–Crippen LogP) is 3.67. The number of allylic oxidation sites excluding steroid dienone is 2. The zero-order valence-electron chi connectivity index (χ0n) is 9.88. The highest BCUT2D eigenvalue weighted by molar-refractivity contribution is 7.99. The highest BCUT2D eigenvalue weighted by Gasteiger charge is 2.00. The molecule has 0 aromatic carbocycles. The van der Waals surface area contributed by atoms with Crippen LogP contribution in [0.15, 0.2) is 12.2 Å². The van der Waals surface area contributed by atoms with E-state index in [9.17, 15) is 0 Å². The van der Waals surface area contributed by atoms with Crippen molar-refractivity contribution in [3.8, 4) is 0 Å². The lowest BCUT2D eigenvalue weighted by Crippen LogP contribution is -2.05. The second-order valence-corrected chi connectivity index (χ2v) is 4.91. The molecular formula is C12H25NS. The standard InChI is InChI=1S/C12H25NS/c1-4-5-6-7-8-12(2)9-10-14-11-13-3/h4-5,12-13H,6-11H2,1-3H3/b5-4-.